The molecule has 1 aromatic rings. The van der Waals surface area contributed by atoms with Gasteiger partial charge in [-0.2, -0.15) is 0 Å². The van der Waals surface area contributed by atoms with Crippen molar-refractivity contribution in [3.63, 3.8) is 0 Å². The van der Waals surface area contributed by atoms with Crippen LogP contribution >= 0.6 is 0 Å². The highest BCUT2D eigenvalue weighted by atomic mass is 16.5. The summed E-state index contributed by atoms with van der Waals surface area (Å²) in [5.41, 5.74) is 6.74. The summed E-state index contributed by atoms with van der Waals surface area (Å²) in [4.78, 5) is 0. The lowest BCUT2D eigenvalue weighted by Gasteiger charge is -2.26. The van der Waals surface area contributed by atoms with Crippen LogP contribution in [0.3, 0.4) is 0 Å². The predicted octanol–water partition coefficient (Wildman–Crippen LogP) is 1.99. The molecule has 3 heteroatoms. The molecule has 0 saturated heterocycles. The van der Waals surface area contributed by atoms with Crippen LogP contribution in [0.4, 0.5) is 0 Å². The second-order valence-electron chi connectivity index (χ2n) is 4.21. The molecule has 0 radical (unpaired) electrons. The first kappa shape index (κ1) is 13.0. The molecular weight excluding hydrogens is 202 g/mol. The minimum absolute atomic E-state index is 0.222. The van der Waals surface area contributed by atoms with E-state index in [2.05, 4.69) is 12.1 Å². The highest BCUT2D eigenvalue weighted by molar-refractivity contribution is 5.27. The lowest BCUT2D eigenvalue weighted by molar-refractivity contribution is 0.00705. The summed E-state index contributed by atoms with van der Waals surface area (Å²) in [5, 5.41) is 0. The second-order valence-corrected chi connectivity index (χ2v) is 4.21. The number of benzene rings is 1. The predicted molar refractivity (Wildman–Crippen MR) is 65.8 cm³/mol. The average molecular weight is 223 g/mol. The van der Waals surface area contributed by atoms with Crippen molar-refractivity contribution in [1.82, 2.24) is 0 Å². The van der Waals surface area contributed by atoms with E-state index in [0.717, 1.165) is 18.6 Å². The molecule has 0 aliphatic rings. The smallest absolute Gasteiger partial charge is 0.118 e. The Morgan fingerprint density at radius 1 is 1.19 bits per heavy atom. The Morgan fingerprint density at radius 3 is 2.25 bits per heavy atom. The van der Waals surface area contributed by atoms with Gasteiger partial charge in [-0.25, -0.2) is 0 Å². The number of nitrogens with two attached hydrogens (primary N) is 1. The first-order chi connectivity index (χ1) is 7.63. The number of aryl methyl sites for hydroxylation is 1. The lowest BCUT2D eigenvalue weighted by atomic mass is 9.97. The minimum atomic E-state index is -0.222. The number of rotatable bonds is 6. The van der Waals surface area contributed by atoms with E-state index in [9.17, 15) is 0 Å². The van der Waals surface area contributed by atoms with Gasteiger partial charge in [0, 0.05) is 13.7 Å². The molecule has 0 aliphatic carbocycles. The fourth-order valence-electron chi connectivity index (χ4n) is 1.49. The summed E-state index contributed by atoms with van der Waals surface area (Å²) < 4.78 is 10.5. The average Bonchev–Trinajstić information content (AvgIpc) is 2.36. The molecule has 2 N–H and O–H groups in total. The van der Waals surface area contributed by atoms with E-state index < -0.39 is 0 Å². The number of ether oxygens (including phenoxy) is 2. The van der Waals surface area contributed by atoms with Gasteiger partial charge in [0.1, 0.15) is 5.75 Å². The number of methoxy groups -OCH3 is 2. The van der Waals surface area contributed by atoms with Gasteiger partial charge in [-0.15, -0.1) is 0 Å². The maximum atomic E-state index is 5.68. The summed E-state index contributed by atoms with van der Waals surface area (Å²) in [5.74, 6) is 0.886. The largest absolute Gasteiger partial charge is 0.497 e. The van der Waals surface area contributed by atoms with Crippen molar-refractivity contribution in [2.45, 2.75) is 25.4 Å². The Balaban J connectivity index is 2.54. The molecule has 1 unspecified atom stereocenters. The van der Waals surface area contributed by atoms with Crippen LogP contribution in [0.1, 0.15) is 18.9 Å². The molecule has 0 spiro atoms. The minimum Gasteiger partial charge on any atom is -0.497 e. The molecule has 0 aromatic heterocycles. The summed E-state index contributed by atoms with van der Waals surface area (Å²) in [6.45, 7) is 2.58. The van der Waals surface area contributed by atoms with Gasteiger partial charge in [-0.1, -0.05) is 12.1 Å². The van der Waals surface area contributed by atoms with Crippen LogP contribution in [0.25, 0.3) is 0 Å². The Bertz CT molecular complexity index is 304. The normalized spacial score (nSPS) is 14.5. The molecule has 0 fully saturated rings. The maximum absolute atomic E-state index is 5.68. The zero-order valence-corrected chi connectivity index (χ0v) is 10.3. The van der Waals surface area contributed by atoms with E-state index in [1.165, 1.54) is 5.56 Å². The van der Waals surface area contributed by atoms with Crippen molar-refractivity contribution >= 4 is 0 Å². The van der Waals surface area contributed by atoms with Gasteiger partial charge in [0.25, 0.3) is 0 Å². The van der Waals surface area contributed by atoms with Crippen LogP contribution in [0.2, 0.25) is 0 Å². The van der Waals surface area contributed by atoms with Gasteiger partial charge >= 0.3 is 0 Å². The molecule has 1 atom stereocenters. The van der Waals surface area contributed by atoms with Crippen molar-refractivity contribution in [3.8, 4) is 5.75 Å². The van der Waals surface area contributed by atoms with Gasteiger partial charge in [-0.3, -0.25) is 0 Å². The van der Waals surface area contributed by atoms with E-state index in [4.69, 9.17) is 15.2 Å². The second kappa shape index (κ2) is 5.87. The highest BCUT2D eigenvalue weighted by Crippen LogP contribution is 2.18. The quantitative estimate of drug-likeness (QED) is 0.802. The Morgan fingerprint density at radius 2 is 1.81 bits per heavy atom. The van der Waals surface area contributed by atoms with E-state index in [1.54, 1.807) is 14.2 Å². The molecule has 0 saturated carbocycles. The Hall–Kier alpha value is -1.06. The molecule has 0 aliphatic heterocycles. The topological polar surface area (TPSA) is 44.5 Å². The van der Waals surface area contributed by atoms with Gasteiger partial charge in [-0.05, 0) is 37.5 Å². The van der Waals surface area contributed by atoms with Gasteiger partial charge in [0.2, 0.25) is 0 Å². The zero-order chi connectivity index (χ0) is 12.0. The standard InChI is InChI=1S/C13H21NO2/c1-13(10-14,16-3)9-8-11-4-6-12(15-2)7-5-11/h4-7H,8-10,14H2,1-3H3. The van der Waals surface area contributed by atoms with E-state index in [1.807, 2.05) is 19.1 Å². The van der Waals surface area contributed by atoms with Crippen molar-refractivity contribution in [1.29, 1.82) is 0 Å². The van der Waals surface area contributed by atoms with Crippen LogP contribution in [0, 0.1) is 0 Å². The highest BCUT2D eigenvalue weighted by Gasteiger charge is 2.20. The molecule has 90 valence electrons. The molecule has 16 heavy (non-hydrogen) atoms. The van der Waals surface area contributed by atoms with Crippen molar-refractivity contribution in [2.75, 3.05) is 20.8 Å². The molecule has 1 rings (SSSR count). The van der Waals surface area contributed by atoms with Crippen LogP contribution < -0.4 is 10.5 Å². The third kappa shape index (κ3) is 3.51. The maximum Gasteiger partial charge on any atom is 0.118 e. The van der Waals surface area contributed by atoms with Crippen molar-refractivity contribution in [3.05, 3.63) is 29.8 Å². The molecule has 0 amide bonds. The molecule has 0 heterocycles. The summed E-state index contributed by atoms with van der Waals surface area (Å²) in [6.07, 6.45) is 1.89. The SMILES string of the molecule is COc1ccc(CCC(C)(CN)OC)cc1. The Labute approximate surface area is 97.6 Å². The third-order valence-electron chi connectivity index (χ3n) is 3.03. The molecule has 3 nitrogen and oxygen atoms in total. The number of hydrogen-bond donors (Lipinski definition) is 1. The van der Waals surface area contributed by atoms with Gasteiger partial charge < -0.3 is 15.2 Å². The Kier molecular flexibility index (Phi) is 4.77. The van der Waals surface area contributed by atoms with E-state index in [0.29, 0.717) is 6.54 Å². The van der Waals surface area contributed by atoms with Gasteiger partial charge in [0.15, 0.2) is 0 Å². The summed E-state index contributed by atoms with van der Waals surface area (Å²) in [7, 11) is 3.38. The monoisotopic (exact) mass is 223 g/mol. The van der Waals surface area contributed by atoms with Crippen molar-refractivity contribution < 1.29 is 9.47 Å². The zero-order valence-electron chi connectivity index (χ0n) is 10.3. The first-order valence-electron chi connectivity index (χ1n) is 5.52. The molecule has 0 bridgehead atoms. The van der Waals surface area contributed by atoms with Crippen LogP contribution in [-0.2, 0) is 11.2 Å². The lowest BCUT2D eigenvalue weighted by Crippen LogP contribution is -2.36. The van der Waals surface area contributed by atoms with Crippen molar-refractivity contribution in [2.24, 2.45) is 5.73 Å². The fraction of sp³-hybridized carbons (Fsp3) is 0.538. The van der Waals surface area contributed by atoms with Crippen LogP contribution in [-0.4, -0.2) is 26.4 Å². The third-order valence-corrected chi connectivity index (χ3v) is 3.03. The van der Waals surface area contributed by atoms with Crippen LogP contribution in [0.5, 0.6) is 5.75 Å². The summed E-state index contributed by atoms with van der Waals surface area (Å²) in [6, 6.07) is 8.10. The van der Waals surface area contributed by atoms with E-state index >= 15 is 0 Å². The fourth-order valence-corrected chi connectivity index (χ4v) is 1.49. The van der Waals surface area contributed by atoms with Crippen LogP contribution in [0.15, 0.2) is 24.3 Å². The summed E-state index contributed by atoms with van der Waals surface area (Å²) >= 11 is 0. The first-order valence-corrected chi connectivity index (χ1v) is 5.52. The van der Waals surface area contributed by atoms with E-state index in [-0.39, 0.29) is 5.60 Å². The molecule has 1 aromatic carbocycles. The molecular formula is C13H21NO2. The number of hydrogen-bond acceptors (Lipinski definition) is 3. The van der Waals surface area contributed by atoms with Gasteiger partial charge in [0.05, 0.1) is 12.7 Å².